The number of aliphatic carboxylic acids is 3. The second-order valence-electron chi connectivity index (χ2n) is 11.2. The Labute approximate surface area is 225 Å². The average molecular weight is 526 g/mol. The topological polar surface area (TPSA) is 115 Å². The first-order valence-corrected chi connectivity index (χ1v) is 14.7. The van der Waals surface area contributed by atoms with Crippen molar-refractivity contribution in [3.8, 4) is 0 Å². The second kappa shape index (κ2) is 21.1. The maximum Gasteiger partial charge on any atom is 0.311 e. The molecule has 0 rings (SSSR count). The number of carbonyl (C=O) groups excluding carboxylic acids is 1. The summed E-state index contributed by atoms with van der Waals surface area (Å²) in [4.78, 5) is 34.6. The number of carboxylic acid groups (broad SMARTS) is 3. The lowest BCUT2D eigenvalue weighted by Gasteiger charge is -2.43. The molecule has 0 saturated carbocycles. The van der Waals surface area contributed by atoms with Gasteiger partial charge in [-0.1, -0.05) is 83.8 Å². The van der Waals surface area contributed by atoms with Crippen LogP contribution in [-0.2, 0) is 14.4 Å². The monoisotopic (exact) mass is 525 g/mol. The molecule has 0 amide bonds. The fourth-order valence-electron chi connectivity index (χ4n) is 5.17. The van der Waals surface area contributed by atoms with Crippen LogP contribution in [0.25, 0.3) is 0 Å². The molecule has 0 aromatic carbocycles. The summed E-state index contributed by atoms with van der Waals surface area (Å²) in [5.74, 6) is -5.29. The lowest BCUT2D eigenvalue weighted by molar-refractivity contribution is -0.934. The highest BCUT2D eigenvalue weighted by molar-refractivity contribution is 5.70. The molecule has 3 unspecified atom stereocenters. The van der Waals surface area contributed by atoms with E-state index in [9.17, 15) is 29.7 Å². The summed E-state index contributed by atoms with van der Waals surface area (Å²) in [6, 6.07) is 0. The largest absolute Gasteiger partial charge is 0.550 e. The van der Waals surface area contributed by atoms with Gasteiger partial charge in [0.05, 0.1) is 26.2 Å². The number of nitrogens with zero attached hydrogens (tertiary/aromatic N) is 1. The van der Waals surface area contributed by atoms with Gasteiger partial charge in [0.15, 0.2) is 0 Å². The molecule has 3 atom stereocenters. The molecule has 7 heteroatoms. The van der Waals surface area contributed by atoms with Crippen LogP contribution in [0.15, 0.2) is 12.2 Å². The van der Waals surface area contributed by atoms with Crippen molar-refractivity contribution in [2.24, 2.45) is 17.8 Å². The van der Waals surface area contributed by atoms with Gasteiger partial charge in [-0.2, -0.15) is 0 Å². The fraction of sp³-hybridized carbons (Fsp3) is 0.833. The van der Waals surface area contributed by atoms with Crippen LogP contribution >= 0.6 is 0 Å². The standard InChI is InChI=1S/C30H55NO6/c1-5-6-7-8-9-10-11-12-13-14-15-16-17-18-19-20-21-31(22-25(2)28(32)33,23-26(3)29(34)35)24-27(4)30(36)37/h16-17,25-27H,5-15,18-24H2,1-4H3,(H2-,32,33,34,35,36,37)/b17-16+. The van der Waals surface area contributed by atoms with E-state index in [2.05, 4.69) is 19.1 Å². The minimum absolute atomic E-state index is 0.165. The summed E-state index contributed by atoms with van der Waals surface area (Å²) in [7, 11) is 0. The Morgan fingerprint density at radius 3 is 1.43 bits per heavy atom. The number of hydrogen-bond donors (Lipinski definition) is 2. The Hall–Kier alpha value is -1.89. The van der Waals surface area contributed by atoms with E-state index < -0.39 is 35.7 Å². The number of rotatable bonds is 25. The van der Waals surface area contributed by atoms with Crippen LogP contribution in [0.4, 0.5) is 0 Å². The van der Waals surface area contributed by atoms with Gasteiger partial charge >= 0.3 is 11.9 Å². The van der Waals surface area contributed by atoms with Crippen molar-refractivity contribution in [2.45, 2.75) is 118 Å². The quantitative estimate of drug-likeness (QED) is 0.0902. The van der Waals surface area contributed by atoms with Gasteiger partial charge in [0.25, 0.3) is 0 Å². The normalized spacial score (nSPS) is 15.8. The number of hydrogen-bond acceptors (Lipinski definition) is 4. The highest BCUT2D eigenvalue weighted by Gasteiger charge is 2.36. The molecule has 2 N–H and O–H groups in total. The van der Waals surface area contributed by atoms with Crippen molar-refractivity contribution in [1.82, 2.24) is 0 Å². The van der Waals surface area contributed by atoms with E-state index in [0.717, 1.165) is 25.7 Å². The maximum absolute atomic E-state index is 11.6. The van der Waals surface area contributed by atoms with Crippen LogP contribution in [0.1, 0.15) is 118 Å². The lowest BCUT2D eigenvalue weighted by Crippen LogP contribution is -2.58. The SMILES string of the molecule is CCCCCCCCCCCC/C=C/CCCC[N+](CC(C)C(=O)[O-])(CC(C)C(=O)O)CC(C)C(=O)O. The molecule has 0 fully saturated rings. The van der Waals surface area contributed by atoms with Crippen molar-refractivity contribution < 1.29 is 34.2 Å². The first-order chi connectivity index (χ1) is 17.5. The molecule has 0 aromatic rings. The van der Waals surface area contributed by atoms with Crippen LogP contribution in [0.3, 0.4) is 0 Å². The number of carbonyl (C=O) groups is 3. The molecule has 0 heterocycles. The highest BCUT2D eigenvalue weighted by Crippen LogP contribution is 2.21. The van der Waals surface area contributed by atoms with Crippen molar-refractivity contribution in [3.05, 3.63) is 12.2 Å². The predicted molar refractivity (Wildman–Crippen MR) is 147 cm³/mol. The zero-order chi connectivity index (χ0) is 28.1. The molecule has 0 spiro atoms. The van der Waals surface area contributed by atoms with Gasteiger partial charge in [0.1, 0.15) is 11.8 Å². The third-order valence-electron chi connectivity index (χ3n) is 7.37. The van der Waals surface area contributed by atoms with E-state index in [-0.39, 0.29) is 24.1 Å². The van der Waals surface area contributed by atoms with Crippen LogP contribution in [0.2, 0.25) is 0 Å². The van der Waals surface area contributed by atoms with Crippen molar-refractivity contribution in [3.63, 3.8) is 0 Å². The maximum atomic E-state index is 11.6. The van der Waals surface area contributed by atoms with E-state index in [1.165, 1.54) is 64.2 Å². The van der Waals surface area contributed by atoms with E-state index in [4.69, 9.17) is 0 Å². The number of allylic oxidation sites excluding steroid dienone is 2. The minimum Gasteiger partial charge on any atom is -0.550 e. The Kier molecular flexibility index (Phi) is 20.0. The van der Waals surface area contributed by atoms with Crippen LogP contribution in [0, 0.1) is 17.8 Å². The van der Waals surface area contributed by atoms with Gasteiger partial charge in [-0.25, -0.2) is 0 Å². The summed E-state index contributed by atoms with van der Waals surface area (Å²) in [6.45, 7) is 8.14. The van der Waals surface area contributed by atoms with Crippen molar-refractivity contribution >= 4 is 17.9 Å². The van der Waals surface area contributed by atoms with E-state index in [1.807, 2.05) is 0 Å². The Balaban J connectivity index is 4.58. The van der Waals surface area contributed by atoms with Crippen molar-refractivity contribution in [1.29, 1.82) is 0 Å². The lowest BCUT2D eigenvalue weighted by atomic mass is 10.0. The third kappa shape index (κ3) is 18.1. The van der Waals surface area contributed by atoms with Crippen LogP contribution in [-0.4, -0.2) is 58.8 Å². The zero-order valence-corrected chi connectivity index (χ0v) is 24.1. The predicted octanol–water partition coefficient (Wildman–Crippen LogP) is 5.67. The molecule has 0 aliphatic rings. The number of unbranched alkanes of at least 4 members (excludes halogenated alkanes) is 12. The van der Waals surface area contributed by atoms with Crippen LogP contribution < -0.4 is 5.11 Å². The van der Waals surface area contributed by atoms with Gasteiger partial charge in [-0.3, -0.25) is 9.59 Å². The van der Waals surface area contributed by atoms with Gasteiger partial charge in [0, 0.05) is 11.9 Å². The van der Waals surface area contributed by atoms with Crippen LogP contribution in [0.5, 0.6) is 0 Å². The molecular formula is C30H55NO6. The molecule has 0 radical (unpaired) electrons. The van der Waals surface area contributed by atoms with E-state index in [1.54, 1.807) is 20.8 Å². The molecular weight excluding hydrogens is 470 g/mol. The summed E-state index contributed by atoms with van der Waals surface area (Å²) < 4.78 is 0.165. The van der Waals surface area contributed by atoms with E-state index >= 15 is 0 Å². The van der Waals surface area contributed by atoms with Gasteiger partial charge in [-0.15, -0.1) is 0 Å². The molecule has 0 saturated heterocycles. The Bertz CT molecular complexity index is 607. The number of carboxylic acids is 3. The highest BCUT2D eigenvalue weighted by atomic mass is 16.4. The molecule has 7 nitrogen and oxygen atoms in total. The molecule has 216 valence electrons. The molecule has 0 aromatic heterocycles. The Morgan fingerprint density at radius 2 is 1.03 bits per heavy atom. The van der Waals surface area contributed by atoms with Crippen molar-refractivity contribution in [2.75, 3.05) is 26.2 Å². The molecule has 0 bridgehead atoms. The minimum atomic E-state index is -1.19. The number of quaternary nitrogens is 1. The van der Waals surface area contributed by atoms with Gasteiger partial charge in [0.2, 0.25) is 0 Å². The fourth-order valence-corrected chi connectivity index (χ4v) is 5.17. The summed E-state index contributed by atoms with van der Waals surface area (Å²) in [5.41, 5.74) is 0. The second-order valence-corrected chi connectivity index (χ2v) is 11.2. The van der Waals surface area contributed by atoms with E-state index in [0.29, 0.717) is 6.54 Å². The molecule has 0 aliphatic carbocycles. The average Bonchev–Trinajstić information content (AvgIpc) is 2.83. The molecule has 37 heavy (non-hydrogen) atoms. The van der Waals surface area contributed by atoms with Gasteiger partial charge < -0.3 is 24.6 Å². The smallest absolute Gasteiger partial charge is 0.311 e. The Morgan fingerprint density at radius 1 is 0.649 bits per heavy atom. The zero-order valence-electron chi connectivity index (χ0n) is 24.1. The summed E-state index contributed by atoms with van der Waals surface area (Å²) >= 11 is 0. The first-order valence-electron chi connectivity index (χ1n) is 14.7. The summed E-state index contributed by atoms with van der Waals surface area (Å²) in [6.07, 6.45) is 21.4. The summed E-state index contributed by atoms with van der Waals surface area (Å²) in [5, 5.41) is 30.4. The molecule has 0 aliphatic heterocycles. The first kappa shape index (κ1) is 35.1. The third-order valence-corrected chi connectivity index (χ3v) is 7.37. The van der Waals surface area contributed by atoms with Gasteiger partial charge in [-0.05, 0) is 46.0 Å².